The van der Waals surface area contributed by atoms with Crippen LogP contribution in [0.25, 0.3) is 0 Å². The Hall–Kier alpha value is -1.53. The summed E-state index contributed by atoms with van der Waals surface area (Å²) in [4.78, 5) is 15.1. The SMILES string of the molecule is O=C(N1CCCC1c1ccc[nH]1)C(F)(F)C(F)F. The number of amides is 1. The van der Waals surface area contributed by atoms with Crippen LogP contribution in [0.5, 0.6) is 0 Å². The van der Waals surface area contributed by atoms with Crippen molar-refractivity contribution in [1.82, 2.24) is 9.88 Å². The van der Waals surface area contributed by atoms with Gasteiger partial charge in [0.25, 0.3) is 5.91 Å². The highest BCUT2D eigenvalue weighted by molar-refractivity contribution is 5.84. The Morgan fingerprint density at radius 1 is 1.50 bits per heavy atom. The number of rotatable bonds is 3. The molecule has 1 atom stereocenters. The molecule has 18 heavy (non-hydrogen) atoms. The maximum absolute atomic E-state index is 13.1. The quantitative estimate of drug-likeness (QED) is 0.837. The van der Waals surface area contributed by atoms with Crippen molar-refractivity contribution in [3.8, 4) is 0 Å². The van der Waals surface area contributed by atoms with Gasteiger partial charge in [-0.25, -0.2) is 8.78 Å². The number of aromatic amines is 1. The zero-order valence-electron chi connectivity index (χ0n) is 9.38. The Balaban J connectivity index is 2.20. The third-order valence-electron chi connectivity index (χ3n) is 3.05. The first-order chi connectivity index (χ1) is 8.44. The fourth-order valence-electron chi connectivity index (χ4n) is 2.17. The summed E-state index contributed by atoms with van der Waals surface area (Å²) in [6.45, 7) is 0.0742. The average molecular weight is 264 g/mol. The van der Waals surface area contributed by atoms with Crippen molar-refractivity contribution < 1.29 is 22.4 Å². The molecule has 0 radical (unpaired) electrons. The lowest BCUT2D eigenvalue weighted by Gasteiger charge is -2.27. The number of halogens is 4. The van der Waals surface area contributed by atoms with E-state index in [2.05, 4.69) is 4.98 Å². The lowest BCUT2D eigenvalue weighted by molar-refractivity contribution is -0.181. The van der Waals surface area contributed by atoms with E-state index in [-0.39, 0.29) is 6.54 Å². The molecule has 100 valence electrons. The van der Waals surface area contributed by atoms with E-state index < -0.39 is 24.3 Å². The monoisotopic (exact) mass is 264 g/mol. The minimum Gasteiger partial charge on any atom is -0.363 e. The second kappa shape index (κ2) is 4.62. The van der Waals surface area contributed by atoms with Crippen LogP contribution >= 0.6 is 0 Å². The van der Waals surface area contributed by atoms with Gasteiger partial charge in [-0.2, -0.15) is 8.78 Å². The highest BCUT2D eigenvalue weighted by atomic mass is 19.3. The summed E-state index contributed by atoms with van der Waals surface area (Å²) in [5.41, 5.74) is 0.589. The molecule has 1 saturated heterocycles. The van der Waals surface area contributed by atoms with Crippen LogP contribution in [0.4, 0.5) is 17.6 Å². The topological polar surface area (TPSA) is 36.1 Å². The fraction of sp³-hybridized carbons (Fsp3) is 0.545. The smallest absolute Gasteiger partial charge is 0.363 e. The van der Waals surface area contributed by atoms with Crippen LogP contribution in [-0.2, 0) is 4.79 Å². The number of hydrogen-bond donors (Lipinski definition) is 1. The van der Waals surface area contributed by atoms with Gasteiger partial charge >= 0.3 is 12.3 Å². The maximum atomic E-state index is 13.1. The van der Waals surface area contributed by atoms with Gasteiger partial charge in [0, 0.05) is 18.4 Å². The lowest BCUT2D eigenvalue weighted by Crippen LogP contribution is -2.47. The van der Waals surface area contributed by atoms with E-state index in [9.17, 15) is 22.4 Å². The highest BCUT2D eigenvalue weighted by Crippen LogP contribution is 2.35. The molecule has 1 amide bonds. The number of nitrogens with one attached hydrogen (secondary N) is 1. The molecular formula is C11H12F4N2O. The van der Waals surface area contributed by atoms with Gasteiger partial charge in [0.05, 0.1) is 6.04 Å². The van der Waals surface area contributed by atoms with Crippen molar-refractivity contribution in [3.05, 3.63) is 24.0 Å². The molecule has 1 unspecified atom stereocenters. The summed E-state index contributed by atoms with van der Waals surface area (Å²) >= 11 is 0. The van der Waals surface area contributed by atoms with Gasteiger partial charge in [-0.3, -0.25) is 4.79 Å². The molecule has 7 heteroatoms. The van der Waals surface area contributed by atoms with Crippen molar-refractivity contribution in [2.45, 2.75) is 31.2 Å². The van der Waals surface area contributed by atoms with Gasteiger partial charge in [-0.05, 0) is 25.0 Å². The maximum Gasteiger partial charge on any atom is 0.383 e. The van der Waals surface area contributed by atoms with E-state index in [1.54, 1.807) is 18.3 Å². The van der Waals surface area contributed by atoms with E-state index in [0.717, 1.165) is 4.90 Å². The van der Waals surface area contributed by atoms with Crippen LogP contribution in [0.3, 0.4) is 0 Å². The molecule has 0 aliphatic carbocycles. The summed E-state index contributed by atoms with van der Waals surface area (Å²) < 4.78 is 50.5. The predicted molar refractivity (Wildman–Crippen MR) is 55.4 cm³/mol. The number of aromatic nitrogens is 1. The van der Waals surface area contributed by atoms with Gasteiger partial charge < -0.3 is 9.88 Å². The van der Waals surface area contributed by atoms with Crippen LogP contribution in [0.2, 0.25) is 0 Å². The Labute approximate surface area is 101 Å². The number of likely N-dealkylation sites (tertiary alicyclic amines) is 1. The molecule has 2 rings (SSSR count). The van der Waals surface area contributed by atoms with Crippen LogP contribution in [0.15, 0.2) is 18.3 Å². The molecule has 1 aromatic rings. The van der Waals surface area contributed by atoms with Crippen molar-refractivity contribution in [2.24, 2.45) is 0 Å². The van der Waals surface area contributed by atoms with Crippen molar-refractivity contribution >= 4 is 5.91 Å². The van der Waals surface area contributed by atoms with E-state index in [0.29, 0.717) is 18.5 Å². The summed E-state index contributed by atoms with van der Waals surface area (Å²) in [6.07, 6.45) is -1.36. The normalized spacial score (nSPS) is 20.7. The summed E-state index contributed by atoms with van der Waals surface area (Å²) in [7, 11) is 0. The van der Waals surface area contributed by atoms with E-state index in [1.165, 1.54) is 0 Å². The minimum absolute atomic E-state index is 0.0742. The van der Waals surface area contributed by atoms with Gasteiger partial charge in [0.15, 0.2) is 0 Å². The standard InChI is InChI=1S/C11H12F4N2O/c12-9(13)11(14,15)10(18)17-6-2-4-8(17)7-3-1-5-16-7/h1,3,5,8-9,16H,2,4,6H2. The van der Waals surface area contributed by atoms with Crippen molar-refractivity contribution in [2.75, 3.05) is 6.54 Å². The molecule has 0 aromatic carbocycles. The Morgan fingerprint density at radius 2 is 2.22 bits per heavy atom. The van der Waals surface area contributed by atoms with Crippen molar-refractivity contribution in [1.29, 1.82) is 0 Å². The van der Waals surface area contributed by atoms with Gasteiger partial charge in [-0.1, -0.05) is 0 Å². The third-order valence-corrected chi connectivity index (χ3v) is 3.05. The minimum atomic E-state index is -4.62. The molecular weight excluding hydrogens is 252 g/mol. The van der Waals surface area contributed by atoms with Gasteiger partial charge in [-0.15, -0.1) is 0 Å². The summed E-state index contributed by atoms with van der Waals surface area (Å²) in [6, 6.07) is 2.75. The molecule has 0 spiro atoms. The first-order valence-electron chi connectivity index (χ1n) is 5.55. The van der Waals surface area contributed by atoms with Gasteiger partial charge in [0.1, 0.15) is 0 Å². The first-order valence-corrected chi connectivity index (χ1v) is 5.55. The molecule has 1 aromatic heterocycles. The van der Waals surface area contributed by atoms with Crippen LogP contribution in [-0.4, -0.2) is 34.7 Å². The zero-order chi connectivity index (χ0) is 13.3. The largest absolute Gasteiger partial charge is 0.383 e. The number of carbonyl (C=O) groups excluding carboxylic acids is 1. The van der Waals surface area contributed by atoms with Crippen LogP contribution in [0, 0.1) is 0 Å². The molecule has 3 nitrogen and oxygen atoms in total. The van der Waals surface area contributed by atoms with E-state index in [1.807, 2.05) is 0 Å². The number of alkyl halides is 4. The second-order valence-electron chi connectivity index (χ2n) is 4.21. The van der Waals surface area contributed by atoms with Crippen LogP contribution in [0.1, 0.15) is 24.6 Å². The number of hydrogen-bond acceptors (Lipinski definition) is 1. The number of H-pyrrole nitrogens is 1. The van der Waals surface area contributed by atoms with Crippen LogP contribution < -0.4 is 0 Å². The zero-order valence-corrected chi connectivity index (χ0v) is 9.38. The highest BCUT2D eigenvalue weighted by Gasteiger charge is 2.53. The summed E-state index contributed by atoms with van der Waals surface area (Å²) in [5.74, 6) is -6.41. The summed E-state index contributed by atoms with van der Waals surface area (Å²) in [5, 5.41) is 0. The lowest BCUT2D eigenvalue weighted by atomic mass is 10.1. The Bertz CT molecular complexity index is 419. The Morgan fingerprint density at radius 3 is 2.78 bits per heavy atom. The van der Waals surface area contributed by atoms with E-state index >= 15 is 0 Å². The molecule has 0 bridgehead atoms. The Kier molecular flexibility index (Phi) is 3.32. The third kappa shape index (κ3) is 2.09. The molecule has 1 aliphatic heterocycles. The molecule has 1 aliphatic rings. The number of nitrogens with zero attached hydrogens (tertiary/aromatic N) is 1. The molecule has 0 saturated carbocycles. The molecule has 1 fully saturated rings. The predicted octanol–water partition coefficient (Wildman–Crippen LogP) is 2.58. The van der Waals surface area contributed by atoms with E-state index in [4.69, 9.17) is 0 Å². The van der Waals surface area contributed by atoms with Gasteiger partial charge in [0.2, 0.25) is 0 Å². The fourth-order valence-corrected chi connectivity index (χ4v) is 2.17. The molecule has 2 heterocycles. The second-order valence-corrected chi connectivity index (χ2v) is 4.21. The average Bonchev–Trinajstić information content (AvgIpc) is 2.97. The van der Waals surface area contributed by atoms with Crippen molar-refractivity contribution in [3.63, 3.8) is 0 Å². The molecule has 1 N–H and O–H groups in total. The number of carbonyl (C=O) groups is 1. The first kappa shape index (κ1) is 12.9.